The maximum absolute atomic E-state index is 12.2. The molecule has 2 aromatic rings. The van der Waals surface area contributed by atoms with E-state index in [-0.39, 0.29) is 12.2 Å². The van der Waals surface area contributed by atoms with Gasteiger partial charge in [0.25, 0.3) is 5.91 Å². The Morgan fingerprint density at radius 2 is 1.79 bits per heavy atom. The molecule has 1 unspecified atom stereocenters. The van der Waals surface area contributed by atoms with E-state index in [2.05, 4.69) is 16.0 Å². The summed E-state index contributed by atoms with van der Waals surface area (Å²) in [6.07, 6.45) is 3.52. The molecule has 0 bridgehead atoms. The van der Waals surface area contributed by atoms with E-state index in [0.29, 0.717) is 17.8 Å². The Labute approximate surface area is 188 Å². The minimum atomic E-state index is -1.21. The largest absolute Gasteiger partial charge is 0.484 e. The van der Waals surface area contributed by atoms with Gasteiger partial charge in [-0.3, -0.25) is 19.2 Å². The molecule has 1 heterocycles. The summed E-state index contributed by atoms with van der Waals surface area (Å²) in [6, 6.07) is 4.11. The summed E-state index contributed by atoms with van der Waals surface area (Å²) >= 11 is 0. The maximum Gasteiger partial charge on any atom is 0.339 e. The molecule has 33 heavy (non-hydrogen) atoms. The Hall–Kier alpha value is -3.89. The van der Waals surface area contributed by atoms with Crippen LogP contribution in [0.15, 0.2) is 27.4 Å². The number of hydrogen-bond donors (Lipinski definition) is 4. The molecule has 3 rings (SSSR count). The van der Waals surface area contributed by atoms with Crippen LogP contribution in [0.3, 0.4) is 0 Å². The Kier molecular flexibility index (Phi) is 7.65. The van der Waals surface area contributed by atoms with Gasteiger partial charge in [-0.15, -0.1) is 0 Å². The highest BCUT2D eigenvalue weighted by Crippen LogP contribution is 2.29. The summed E-state index contributed by atoms with van der Waals surface area (Å²) in [5.41, 5.74) is 1.79. The second kappa shape index (κ2) is 10.6. The fourth-order valence-corrected chi connectivity index (χ4v) is 3.57. The first-order valence-corrected chi connectivity index (χ1v) is 10.5. The van der Waals surface area contributed by atoms with E-state index in [0.717, 1.165) is 35.8 Å². The van der Waals surface area contributed by atoms with Gasteiger partial charge in [-0.25, -0.2) is 4.79 Å². The Morgan fingerprint density at radius 1 is 1.06 bits per heavy atom. The summed E-state index contributed by atoms with van der Waals surface area (Å²) < 4.78 is 10.9. The average molecular weight is 459 g/mol. The topological polar surface area (TPSA) is 164 Å². The van der Waals surface area contributed by atoms with Crippen LogP contribution in [0.1, 0.15) is 30.9 Å². The molecule has 1 aliphatic rings. The monoisotopic (exact) mass is 459 g/mol. The summed E-state index contributed by atoms with van der Waals surface area (Å²) in [6.45, 7) is 0.0709. The van der Waals surface area contributed by atoms with Gasteiger partial charge in [0.2, 0.25) is 11.8 Å². The first-order chi connectivity index (χ1) is 15.7. The second-order valence-electron chi connectivity index (χ2n) is 7.68. The Balaban J connectivity index is 1.51. The van der Waals surface area contributed by atoms with Gasteiger partial charge in [-0.05, 0) is 50.3 Å². The lowest BCUT2D eigenvalue weighted by Crippen LogP contribution is -2.48. The van der Waals surface area contributed by atoms with E-state index < -0.39 is 42.8 Å². The lowest BCUT2D eigenvalue weighted by atomic mass is 9.91. The zero-order valence-electron chi connectivity index (χ0n) is 18.1. The van der Waals surface area contributed by atoms with E-state index in [1.807, 2.05) is 0 Å². The first-order valence-electron chi connectivity index (χ1n) is 10.5. The van der Waals surface area contributed by atoms with Gasteiger partial charge in [0.1, 0.15) is 23.9 Å². The highest BCUT2D eigenvalue weighted by molar-refractivity contribution is 5.91. The number of carboxylic acids is 1. The molecular weight excluding hydrogens is 434 g/mol. The smallest absolute Gasteiger partial charge is 0.339 e. The summed E-state index contributed by atoms with van der Waals surface area (Å²) in [5, 5.41) is 16.2. The zero-order chi connectivity index (χ0) is 24.0. The molecule has 0 radical (unpaired) electrons. The average Bonchev–Trinajstić information content (AvgIpc) is 2.79. The number of aryl methyl sites for hydroxylation is 1. The molecule has 176 valence electrons. The summed E-state index contributed by atoms with van der Waals surface area (Å²) in [5.74, 6) is -2.73. The number of ether oxygens (including phenoxy) is 1. The molecule has 1 aromatic heterocycles. The minimum absolute atomic E-state index is 0.337. The van der Waals surface area contributed by atoms with Gasteiger partial charge >= 0.3 is 11.6 Å². The molecule has 11 heteroatoms. The number of aliphatic carboxylic acids is 1. The van der Waals surface area contributed by atoms with Gasteiger partial charge in [0, 0.05) is 17.0 Å². The fourth-order valence-electron chi connectivity index (χ4n) is 3.57. The van der Waals surface area contributed by atoms with Crippen molar-refractivity contribution in [3.8, 4) is 5.75 Å². The van der Waals surface area contributed by atoms with Crippen molar-refractivity contribution >= 4 is 34.7 Å². The number of carbonyl (C=O) groups is 4. The third-order valence-electron chi connectivity index (χ3n) is 5.20. The van der Waals surface area contributed by atoms with Crippen LogP contribution in [-0.2, 0) is 32.0 Å². The number of benzene rings is 1. The van der Waals surface area contributed by atoms with Crippen LogP contribution < -0.4 is 26.3 Å². The predicted molar refractivity (Wildman–Crippen MR) is 116 cm³/mol. The van der Waals surface area contributed by atoms with Crippen LogP contribution in [0.2, 0.25) is 0 Å². The minimum Gasteiger partial charge on any atom is -0.484 e. The van der Waals surface area contributed by atoms with Crippen molar-refractivity contribution in [1.29, 1.82) is 0 Å². The van der Waals surface area contributed by atoms with Crippen LogP contribution in [0, 0.1) is 0 Å². The van der Waals surface area contributed by atoms with Crippen LogP contribution in [0.4, 0.5) is 0 Å². The molecule has 0 fully saturated rings. The molecule has 0 saturated heterocycles. The van der Waals surface area contributed by atoms with Crippen LogP contribution in [0.25, 0.3) is 11.0 Å². The zero-order valence-corrected chi connectivity index (χ0v) is 18.1. The quantitative estimate of drug-likeness (QED) is 0.377. The Morgan fingerprint density at radius 3 is 2.52 bits per heavy atom. The van der Waals surface area contributed by atoms with Crippen molar-refractivity contribution in [2.45, 2.75) is 38.6 Å². The van der Waals surface area contributed by atoms with Crippen LogP contribution in [-0.4, -0.2) is 54.5 Å². The number of amides is 3. The van der Waals surface area contributed by atoms with Crippen molar-refractivity contribution in [3.05, 3.63) is 39.7 Å². The van der Waals surface area contributed by atoms with Gasteiger partial charge in [-0.1, -0.05) is 0 Å². The molecule has 0 saturated carbocycles. The SMILES string of the molecule is CC(NC(=O)COc1ccc2c3c(c(=O)oc2c1)CCCC3)C(=O)NCC(=O)NCC(=O)O. The third kappa shape index (κ3) is 6.31. The maximum atomic E-state index is 12.2. The molecule has 3 amide bonds. The van der Waals surface area contributed by atoms with Crippen molar-refractivity contribution in [2.24, 2.45) is 0 Å². The van der Waals surface area contributed by atoms with E-state index >= 15 is 0 Å². The van der Waals surface area contributed by atoms with Crippen molar-refractivity contribution in [3.63, 3.8) is 0 Å². The molecule has 1 atom stereocenters. The Bertz CT molecular complexity index is 1140. The van der Waals surface area contributed by atoms with E-state index in [1.165, 1.54) is 6.92 Å². The van der Waals surface area contributed by atoms with Gasteiger partial charge in [0.05, 0.1) is 6.54 Å². The van der Waals surface area contributed by atoms with Crippen molar-refractivity contribution in [2.75, 3.05) is 19.7 Å². The van der Waals surface area contributed by atoms with Gasteiger partial charge in [0.15, 0.2) is 6.61 Å². The molecule has 11 nitrogen and oxygen atoms in total. The van der Waals surface area contributed by atoms with Crippen LogP contribution in [0.5, 0.6) is 5.75 Å². The molecular formula is C22H25N3O8. The predicted octanol–water partition coefficient (Wildman–Crippen LogP) is -0.128. The first kappa shape index (κ1) is 23.8. The van der Waals surface area contributed by atoms with E-state index in [1.54, 1.807) is 18.2 Å². The van der Waals surface area contributed by atoms with E-state index in [9.17, 15) is 24.0 Å². The number of carbonyl (C=O) groups excluding carboxylic acids is 3. The van der Waals surface area contributed by atoms with Crippen molar-refractivity contribution in [1.82, 2.24) is 16.0 Å². The lowest BCUT2D eigenvalue weighted by Gasteiger charge is -2.16. The standard InChI is InChI=1S/C22H25N3O8/c1-12(21(30)24-9-18(26)23-10-20(28)29)25-19(27)11-32-13-6-7-15-14-4-2-3-5-16(14)22(31)33-17(15)8-13/h6-8,12H,2-5,9-11H2,1H3,(H,23,26)(H,24,30)(H,25,27)(H,28,29). The molecule has 0 aliphatic heterocycles. The number of carboxylic acid groups (broad SMARTS) is 1. The summed E-state index contributed by atoms with van der Waals surface area (Å²) in [7, 11) is 0. The fraction of sp³-hybridized carbons (Fsp3) is 0.409. The summed E-state index contributed by atoms with van der Waals surface area (Å²) in [4.78, 5) is 58.2. The number of rotatable bonds is 9. The highest BCUT2D eigenvalue weighted by atomic mass is 16.5. The van der Waals surface area contributed by atoms with Crippen molar-refractivity contribution < 1.29 is 33.4 Å². The second-order valence-corrected chi connectivity index (χ2v) is 7.68. The molecule has 4 N–H and O–H groups in total. The third-order valence-corrected chi connectivity index (χ3v) is 5.20. The number of nitrogens with one attached hydrogen (secondary N) is 3. The number of fused-ring (bicyclic) bond motifs is 3. The highest BCUT2D eigenvalue weighted by Gasteiger charge is 2.19. The van der Waals surface area contributed by atoms with Gasteiger partial charge < -0.3 is 30.2 Å². The lowest BCUT2D eigenvalue weighted by molar-refractivity contribution is -0.138. The normalized spacial score (nSPS) is 13.5. The molecule has 1 aromatic carbocycles. The van der Waals surface area contributed by atoms with Gasteiger partial charge in [-0.2, -0.15) is 0 Å². The van der Waals surface area contributed by atoms with E-state index in [4.69, 9.17) is 14.3 Å². The van der Waals surface area contributed by atoms with Crippen LogP contribution >= 0.6 is 0 Å². The molecule has 0 spiro atoms. The molecule has 1 aliphatic carbocycles. The number of hydrogen-bond acceptors (Lipinski definition) is 7.